The monoisotopic (exact) mass is 300 g/mol. The van der Waals surface area contributed by atoms with Crippen LogP contribution in [0.25, 0.3) is 0 Å². The largest absolute Gasteiger partial charge is 0.394 e. The van der Waals surface area contributed by atoms with E-state index in [0.29, 0.717) is 0 Å². The lowest BCUT2D eigenvalue weighted by Crippen LogP contribution is -2.34. The van der Waals surface area contributed by atoms with Crippen molar-refractivity contribution < 1.29 is 19.7 Å². The molecule has 5 heteroatoms. The first-order valence-electron chi connectivity index (χ1n) is 4.42. The Morgan fingerprint density at radius 3 is 2.69 bits per heavy atom. The lowest BCUT2D eigenvalue weighted by Gasteiger charge is -2.16. The normalized spacial score (nSPS) is 49.6. The van der Waals surface area contributed by atoms with E-state index in [-0.39, 0.29) is 24.9 Å². The van der Waals surface area contributed by atoms with Gasteiger partial charge in [-0.2, -0.15) is 0 Å². The van der Waals surface area contributed by atoms with Gasteiger partial charge in [-0.1, -0.05) is 22.6 Å². The molecule has 13 heavy (non-hydrogen) atoms. The topological polar surface area (TPSA) is 58.9 Å². The maximum absolute atomic E-state index is 9.66. The summed E-state index contributed by atoms with van der Waals surface area (Å²) in [7, 11) is 0. The van der Waals surface area contributed by atoms with Gasteiger partial charge in [0.05, 0.1) is 18.8 Å². The van der Waals surface area contributed by atoms with Crippen molar-refractivity contribution >= 4 is 22.6 Å². The molecule has 0 aromatic heterocycles. The summed E-state index contributed by atoms with van der Waals surface area (Å²) >= 11 is 2.26. The Morgan fingerprint density at radius 1 is 1.38 bits per heavy atom. The summed E-state index contributed by atoms with van der Waals surface area (Å²) in [6.45, 7) is -0.133. The van der Waals surface area contributed by atoms with Crippen molar-refractivity contribution in [3.63, 3.8) is 0 Å². The molecule has 0 bridgehead atoms. The average Bonchev–Trinajstić information content (AvgIpc) is 2.65. The number of halogens is 1. The summed E-state index contributed by atoms with van der Waals surface area (Å²) in [6, 6.07) is 0. The van der Waals surface area contributed by atoms with Crippen molar-refractivity contribution in [3.05, 3.63) is 0 Å². The molecule has 2 aliphatic heterocycles. The first kappa shape index (κ1) is 10.1. The number of hydrogen-bond acceptors (Lipinski definition) is 4. The van der Waals surface area contributed by atoms with E-state index in [1.54, 1.807) is 0 Å². The quantitative estimate of drug-likeness (QED) is 0.543. The minimum absolute atomic E-state index is 0.0214. The van der Waals surface area contributed by atoms with Crippen molar-refractivity contribution in [2.24, 2.45) is 0 Å². The van der Waals surface area contributed by atoms with Gasteiger partial charge >= 0.3 is 0 Å². The van der Waals surface area contributed by atoms with Crippen LogP contribution in [0, 0.1) is 0 Å². The third-order valence-corrected chi connectivity index (χ3v) is 3.61. The second kappa shape index (κ2) is 3.98. The van der Waals surface area contributed by atoms with Gasteiger partial charge in [0.15, 0.2) is 0 Å². The van der Waals surface area contributed by atoms with E-state index in [4.69, 9.17) is 14.6 Å². The zero-order chi connectivity index (χ0) is 9.42. The van der Waals surface area contributed by atoms with Gasteiger partial charge in [0, 0.05) is 10.8 Å². The molecule has 2 saturated heterocycles. The van der Waals surface area contributed by atoms with Gasteiger partial charge in [0.1, 0.15) is 18.3 Å². The average molecular weight is 300 g/mol. The Balaban J connectivity index is 1.98. The molecular formula is C8H13IO4. The lowest BCUT2D eigenvalue weighted by atomic mass is 10.1. The number of alkyl halides is 1. The van der Waals surface area contributed by atoms with Crippen LogP contribution in [0.3, 0.4) is 0 Å². The highest BCUT2D eigenvalue weighted by Crippen LogP contribution is 2.34. The Labute approximate surface area is 90.4 Å². The molecule has 0 saturated carbocycles. The predicted octanol–water partition coefficient (Wildman–Crippen LogP) is -0.301. The summed E-state index contributed by atoms with van der Waals surface area (Å²) in [4.78, 5) is 0. The smallest absolute Gasteiger partial charge is 0.113 e. The number of hydrogen-bond donors (Lipinski definition) is 2. The van der Waals surface area contributed by atoms with Crippen LogP contribution in [0.1, 0.15) is 6.42 Å². The van der Waals surface area contributed by atoms with Gasteiger partial charge in [-0.05, 0) is 0 Å². The van der Waals surface area contributed by atoms with Gasteiger partial charge in [-0.25, -0.2) is 0 Å². The molecule has 5 atom stereocenters. The zero-order valence-corrected chi connectivity index (χ0v) is 9.25. The van der Waals surface area contributed by atoms with E-state index in [1.807, 2.05) is 0 Å². The minimum atomic E-state index is -0.664. The molecule has 2 aliphatic rings. The molecule has 0 aromatic carbocycles. The van der Waals surface area contributed by atoms with E-state index in [9.17, 15) is 5.11 Å². The van der Waals surface area contributed by atoms with Gasteiger partial charge in [0.2, 0.25) is 0 Å². The fraction of sp³-hybridized carbons (Fsp3) is 1.00. The van der Waals surface area contributed by atoms with Crippen molar-refractivity contribution in [2.75, 3.05) is 11.0 Å². The summed E-state index contributed by atoms with van der Waals surface area (Å²) in [5.74, 6) is 0. The molecule has 2 rings (SSSR count). The Morgan fingerprint density at radius 2 is 2.15 bits per heavy atom. The molecule has 2 fully saturated rings. The van der Waals surface area contributed by atoms with Crippen molar-refractivity contribution in [1.29, 1.82) is 0 Å². The third-order valence-electron chi connectivity index (χ3n) is 2.63. The summed E-state index contributed by atoms with van der Waals surface area (Å²) in [5, 5.41) is 18.5. The van der Waals surface area contributed by atoms with Crippen molar-refractivity contribution in [3.8, 4) is 0 Å². The van der Waals surface area contributed by atoms with E-state index in [0.717, 1.165) is 10.8 Å². The van der Waals surface area contributed by atoms with Crippen molar-refractivity contribution in [2.45, 2.75) is 36.9 Å². The van der Waals surface area contributed by atoms with E-state index in [2.05, 4.69) is 22.6 Å². The molecule has 0 amide bonds. The maximum atomic E-state index is 9.66. The van der Waals surface area contributed by atoms with Gasteiger partial charge in [-0.3, -0.25) is 0 Å². The van der Waals surface area contributed by atoms with Crippen LogP contribution in [0.2, 0.25) is 0 Å². The Kier molecular flexibility index (Phi) is 3.09. The highest BCUT2D eigenvalue weighted by molar-refractivity contribution is 14.1. The molecule has 0 aromatic rings. The zero-order valence-electron chi connectivity index (χ0n) is 7.10. The molecule has 0 aliphatic carbocycles. The summed E-state index contributed by atoms with van der Waals surface area (Å²) in [5.41, 5.74) is 0. The third kappa shape index (κ3) is 1.72. The Bertz CT molecular complexity index is 189. The minimum Gasteiger partial charge on any atom is -0.394 e. The predicted molar refractivity (Wildman–Crippen MR) is 53.9 cm³/mol. The van der Waals surface area contributed by atoms with Crippen LogP contribution in [0.15, 0.2) is 0 Å². The fourth-order valence-electron chi connectivity index (χ4n) is 1.96. The maximum Gasteiger partial charge on any atom is 0.113 e. The molecule has 2 heterocycles. The van der Waals surface area contributed by atoms with E-state index >= 15 is 0 Å². The first-order valence-corrected chi connectivity index (χ1v) is 5.94. The lowest BCUT2D eigenvalue weighted by molar-refractivity contribution is -0.0472. The number of ether oxygens (including phenoxy) is 2. The second-order valence-corrected chi connectivity index (χ2v) is 4.38. The standard InChI is InChI=1S/C8H13IO4/c9-2-4-1-5-8(12-4)7(11)6(3-10)13-5/h4-8,10-11H,1-3H2/t4-,5+,6-,7-,8-/m1/s1. The number of aliphatic hydroxyl groups excluding tert-OH is 2. The molecule has 0 radical (unpaired) electrons. The van der Waals surface area contributed by atoms with Gasteiger partial charge in [-0.15, -0.1) is 0 Å². The highest BCUT2D eigenvalue weighted by atomic mass is 127. The molecular weight excluding hydrogens is 287 g/mol. The van der Waals surface area contributed by atoms with Gasteiger partial charge in [0.25, 0.3) is 0 Å². The van der Waals surface area contributed by atoms with Crippen molar-refractivity contribution in [1.82, 2.24) is 0 Å². The number of rotatable bonds is 2. The van der Waals surface area contributed by atoms with Gasteiger partial charge < -0.3 is 19.7 Å². The SMILES string of the molecule is OC[C@H]1O[C@H]2C[C@H](CI)O[C@H]2[C@@H]1O. The summed E-state index contributed by atoms with van der Waals surface area (Å²) in [6.07, 6.45) is -0.330. The Hall–Kier alpha value is 0.570. The molecule has 4 nitrogen and oxygen atoms in total. The van der Waals surface area contributed by atoms with Crippen LogP contribution < -0.4 is 0 Å². The number of fused-ring (bicyclic) bond motifs is 1. The van der Waals surface area contributed by atoms with E-state index in [1.165, 1.54) is 0 Å². The molecule has 0 unspecified atom stereocenters. The second-order valence-electron chi connectivity index (χ2n) is 3.50. The van der Waals surface area contributed by atoms with E-state index < -0.39 is 12.2 Å². The molecule has 0 spiro atoms. The van der Waals surface area contributed by atoms with Crippen LogP contribution in [0.4, 0.5) is 0 Å². The molecule has 2 N–H and O–H groups in total. The fourth-order valence-corrected chi connectivity index (χ4v) is 2.53. The van der Waals surface area contributed by atoms with Crippen LogP contribution in [-0.4, -0.2) is 51.8 Å². The van der Waals surface area contributed by atoms with Crippen LogP contribution in [0.5, 0.6) is 0 Å². The first-order chi connectivity index (χ1) is 6.26. The van der Waals surface area contributed by atoms with Crippen LogP contribution in [-0.2, 0) is 9.47 Å². The summed E-state index contributed by atoms with van der Waals surface area (Å²) < 4.78 is 12.0. The number of aliphatic hydroxyl groups is 2. The molecule has 76 valence electrons. The van der Waals surface area contributed by atoms with Crippen LogP contribution >= 0.6 is 22.6 Å². The highest BCUT2D eigenvalue weighted by Gasteiger charge is 2.49.